The molecule has 0 saturated heterocycles. The largest absolute Gasteiger partial charge is 0.412 e. The second-order valence-corrected chi connectivity index (χ2v) is 0. The van der Waals surface area contributed by atoms with Gasteiger partial charge in [-0.05, 0) is 0 Å². The van der Waals surface area contributed by atoms with Crippen molar-refractivity contribution >= 4 is 12.4 Å². The van der Waals surface area contributed by atoms with Crippen LogP contribution in [0.5, 0.6) is 0 Å². The van der Waals surface area contributed by atoms with Crippen LogP contribution in [0.3, 0.4) is 0 Å². The van der Waals surface area contributed by atoms with Crippen LogP contribution in [-0.4, -0.2) is 11.0 Å². The molecule has 0 bridgehead atoms. The first-order valence-electron chi connectivity index (χ1n) is 0. The Hall–Kier alpha value is 1.40. The Labute approximate surface area is 58.6 Å². The number of hydrogen-bond acceptors (Lipinski definition) is 0. The molecule has 0 aromatic carbocycles. The summed E-state index contributed by atoms with van der Waals surface area (Å²) in [5.74, 6) is 0. The van der Waals surface area contributed by atoms with Gasteiger partial charge in [0.25, 0.3) is 0 Å². The van der Waals surface area contributed by atoms with Gasteiger partial charge in [-0.3, -0.25) is 0 Å². The number of halogens is 1. The van der Waals surface area contributed by atoms with E-state index in [4.69, 9.17) is 0 Å². The molecule has 0 heterocycles. The normalized spacial score (nSPS) is 0. The summed E-state index contributed by atoms with van der Waals surface area (Å²) in [6, 6.07) is 0. The molecule has 1 radical (unpaired) electrons. The van der Waals surface area contributed by atoms with Gasteiger partial charge in [0.05, 0.1) is 0 Å². The first kappa shape index (κ1) is 53.1. The summed E-state index contributed by atoms with van der Waals surface area (Å²) in [6.07, 6.45) is 0. The van der Waals surface area contributed by atoms with Gasteiger partial charge in [0.15, 0.2) is 0 Å². The van der Waals surface area contributed by atoms with Crippen molar-refractivity contribution in [3.8, 4) is 0 Å². The van der Waals surface area contributed by atoms with Gasteiger partial charge < -0.3 is 11.0 Å². The Morgan fingerprint density at radius 1 is 0.750 bits per heavy atom. The van der Waals surface area contributed by atoms with E-state index in [1.807, 2.05) is 0 Å². The van der Waals surface area contributed by atoms with Crippen molar-refractivity contribution in [2.75, 3.05) is 0 Å². The third-order valence-electron chi connectivity index (χ3n) is 0. The van der Waals surface area contributed by atoms with Crippen molar-refractivity contribution in [3.05, 3.63) is 0 Å². The van der Waals surface area contributed by atoms with Crippen molar-refractivity contribution in [3.63, 3.8) is 0 Å². The second kappa shape index (κ2) is 25.9. The van der Waals surface area contributed by atoms with E-state index in [1.54, 1.807) is 0 Å². The Bertz CT molecular complexity index is 6.00. The number of hydrogen-bond donors (Lipinski definition) is 0. The molecule has 0 aliphatic rings. The average molecular weight is 211 g/mol. The van der Waals surface area contributed by atoms with Crippen LogP contribution >= 0.6 is 12.4 Å². The molecule has 4 N–H and O–H groups in total. The van der Waals surface area contributed by atoms with Crippen LogP contribution < -0.4 is 0 Å². The van der Waals surface area contributed by atoms with Crippen LogP contribution in [-0.2, 0) is 0 Å². The van der Waals surface area contributed by atoms with Gasteiger partial charge in [-0.15, -0.1) is 12.4 Å². The van der Waals surface area contributed by atoms with E-state index in [-0.39, 0.29) is 59.0 Å². The zero-order valence-corrected chi connectivity index (χ0v) is 6.43. The Morgan fingerprint density at radius 2 is 0.750 bits per heavy atom. The topological polar surface area (TPSA) is 63.0 Å². The summed E-state index contributed by atoms with van der Waals surface area (Å²) in [5, 5.41) is 0. The summed E-state index contributed by atoms with van der Waals surface area (Å²) in [5.41, 5.74) is 0. The molecule has 0 fully saturated rings. The molecule has 0 aliphatic carbocycles. The maximum Gasteiger partial charge on any atom is 0 e. The summed E-state index contributed by atoms with van der Waals surface area (Å²) >= 11 is 0. The molecule has 0 aromatic rings. The molecule has 0 atom stereocenters. The minimum Gasteiger partial charge on any atom is -0.412 e. The van der Waals surface area contributed by atoms with Crippen molar-refractivity contribution in [1.29, 1.82) is 0 Å². The van der Waals surface area contributed by atoms with Crippen molar-refractivity contribution < 1.29 is 46.6 Å². The van der Waals surface area contributed by atoms with Crippen LogP contribution in [0.2, 0.25) is 0 Å². The predicted octanol–water partition coefficient (Wildman–Crippen LogP) is -1.23. The summed E-state index contributed by atoms with van der Waals surface area (Å²) < 4.78 is 0. The molecule has 0 aromatic heterocycles. The van der Waals surface area contributed by atoms with E-state index in [9.17, 15) is 0 Å². The molecule has 0 saturated carbocycles. The molecule has 4 heavy (non-hydrogen) atoms. The van der Waals surface area contributed by atoms with E-state index in [0.29, 0.717) is 0 Å². The van der Waals surface area contributed by atoms with E-state index < -0.39 is 0 Å². The van der Waals surface area contributed by atoms with Gasteiger partial charge in [-0.25, -0.2) is 0 Å². The molecular weight excluding hydrogens is 206 g/mol. The Balaban J connectivity index is 0. The minimum absolute atomic E-state index is 0. The molecule has 2 nitrogen and oxygen atoms in total. The molecule has 27 valence electrons. The molecule has 0 unspecified atom stereocenters. The van der Waals surface area contributed by atoms with Crippen LogP contribution in [0, 0.1) is 35.6 Å². The van der Waals surface area contributed by atoms with Crippen molar-refractivity contribution in [1.82, 2.24) is 0 Å². The van der Waals surface area contributed by atoms with E-state index >= 15 is 0 Å². The Kier molecular flexibility index (Phi) is 344. The summed E-state index contributed by atoms with van der Waals surface area (Å²) in [4.78, 5) is 0. The van der Waals surface area contributed by atoms with Gasteiger partial charge in [-0.1, -0.05) is 0 Å². The third kappa shape index (κ3) is 9.98. The fourth-order valence-electron chi connectivity index (χ4n) is 0. The fourth-order valence-corrected chi connectivity index (χ4v) is 0. The summed E-state index contributed by atoms with van der Waals surface area (Å²) in [7, 11) is 0. The van der Waals surface area contributed by atoms with Crippen molar-refractivity contribution in [2.45, 2.75) is 0 Å². The monoisotopic (exact) mass is 211 g/mol. The molecular formula is H5ClLaO2. The maximum absolute atomic E-state index is 0. The fraction of sp³-hybridized carbons (Fsp3) is 0. The van der Waals surface area contributed by atoms with Gasteiger partial charge in [0, 0.05) is 35.6 Å². The van der Waals surface area contributed by atoms with Crippen molar-refractivity contribution in [2.24, 2.45) is 0 Å². The van der Waals surface area contributed by atoms with Gasteiger partial charge in [0.1, 0.15) is 0 Å². The first-order valence-corrected chi connectivity index (χ1v) is 0. The van der Waals surface area contributed by atoms with Gasteiger partial charge >= 0.3 is 0 Å². The zero-order chi connectivity index (χ0) is 0. The smallest absolute Gasteiger partial charge is 0 e. The van der Waals surface area contributed by atoms with Gasteiger partial charge in [0.2, 0.25) is 0 Å². The predicted molar refractivity (Wildman–Crippen MR) is 14.5 cm³/mol. The molecule has 0 aliphatic heterocycles. The molecule has 0 spiro atoms. The maximum atomic E-state index is 0. The Morgan fingerprint density at radius 3 is 0.750 bits per heavy atom. The van der Waals surface area contributed by atoms with Crippen LogP contribution in [0.1, 0.15) is 0 Å². The standard InChI is InChI=1S/ClH.La.2H2O/h1H;;2*1H2. The average Bonchev–Trinajstić information content (AvgIpc) is 0. The second-order valence-electron chi connectivity index (χ2n) is 0. The van der Waals surface area contributed by atoms with E-state index in [1.165, 1.54) is 0 Å². The SMILES string of the molecule is Cl.O.O.[La]. The molecule has 0 amide bonds. The quantitative estimate of drug-likeness (QED) is 0.482. The van der Waals surface area contributed by atoms with Crippen LogP contribution in [0.15, 0.2) is 0 Å². The zero-order valence-electron chi connectivity index (χ0n) is 1.99. The summed E-state index contributed by atoms with van der Waals surface area (Å²) in [6.45, 7) is 0. The molecule has 4 heteroatoms. The number of rotatable bonds is 0. The van der Waals surface area contributed by atoms with Gasteiger partial charge in [-0.2, -0.15) is 0 Å². The minimum atomic E-state index is 0. The molecule has 0 rings (SSSR count). The van der Waals surface area contributed by atoms with Crippen LogP contribution in [0.4, 0.5) is 0 Å². The van der Waals surface area contributed by atoms with E-state index in [0.717, 1.165) is 0 Å². The third-order valence-corrected chi connectivity index (χ3v) is 0. The first-order chi connectivity index (χ1) is 0. The van der Waals surface area contributed by atoms with Crippen LogP contribution in [0.25, 0.3) is 0 Å². The van der Waals surface area contributed by atoms with E-state index in [2.05, 4.69) is 0 Å².